The van der Waals surface area contributed by atoms with Crippen LogP contribution in [0.5, 0.6) is 0 Å². The van der Waals surface area contributed by atoms with Crippen LogP contribution < -0.4 is 0 Å². The predicted octanol–water partition coefficient (Wildman–Crippen LogP) is 2.75. The molecule has 2 heterocycles. The molecule has 1 aromatic rings. The number of hydrogen-bond acceptors (Lipinski definition) is 2. The zero-order chi connectivity index (χ0) is 14.8. The number of aryl methyl sites for hydroxylation is 2. The van der Waals surface area contributed by atoms with Crippen LogP contribution in [0.15, 0.2) is 18.2 Å². The van der Waals surface area contributed by atoms with Crippen LogP contribution in [0.2, 0.25) is 0 Å². The summed E-state index contributed by atoms with van der Waals surface area (Å²) in [4.78, 5) is 17.0. The second kappa shape index (κ2) is 6.18. The fourth-order valence-electron chi connectivity index (χ4n) is 3.59. The number of hydrogen-bond donors (Lipinski definition) is 0. The molecule has 0 radical (unpaired) electrons. The zero-order valence-corrected chi connectivity index (χ0v) is 13.3. The Kier molecular flexibility index (Phi) is 4.29. The molecule has 1 amide bonds. The van der Waals surface area contributed by atoms with E-state index in [9.17, 15) is 4.79 Å². The summed E-state index contributed by atoms with van der Waals surface area (Å²) in [6.45, 7) is 9.25. The van der Waals surface area contributed by atoms with Crippen LogP contribution in [0, 0.1) is 19.8 Å². The summed E-state index contributed by atoms with van der Waals surface area (Å²) < 4.78 is 0. The summed E-state index contributed by atoms with van der Waals surface area (Å²) in [5, 5.41) is 0. The van der Waals surface area contributed by atoms with E-state index in [2.05, 4.69) is 41.8 Å². The number of nitrogens with zero attached hydrogens (tertiary/aromatic N) is 2. The van der Waals surface area contributed by atoms with E-state index in [1.807, 2.05) is 0 Å². The minimum absolute atomic E-state index is 0.230. The number of carbonyl (C=O) groups excluding carboxylic acids is 1. The van der Waals surface area contributed by atoms with Crippen molar-refractivity contribution in [3.63, 3.8) is 0 Å². The highest BCUT2D eigenvalue weighted by atomic mass is 16.2. The Labute approximate surface area is 127 Å². The Balaban J connectivity index is 1.59. The molecule has 1 unspecified atom stereocenters. The highest BCUT2D eigenvalue weighted by molar-refractivity contribution is 5.79. The Hall–Kier alpha value is -1.35. The Morgan fingerprint density at radius 3 is 2.71 bits per heavy atom. The van der Waals surface area contributed by atoms with Crippen molar-refractivity contribution in [1.29, 1.82) is 0 Å². The van der Waals surface area contributed by atoms with Gasteiger partial charge in [-0.3, -0.25) is 9.69 Å². The van der Waals surface area contributed by atoms with Crippen molar-refractivity contribution >= 4 is 5.91 Å². The third kappa shape index (κ3) is 3.29. The van der Waals surface area contributed by atoms with Crippen molar-refractivity contribution in [2.75, 3.05) is 26.2 Å². The average molecular weight is 286 g/mol. The van der Waals surface area contributed by atoms with Crippen molar-refractivity contribution in [3.05, 3.63) is 34.9 Å². The highest BCUT2D eigenvalue weighted by Gasteiger charge is 2.32. The Bertz CT molecular complexity index is 520. The van der Waals surface area contributed by atoms with Gasteiger partial charge in [0, 0.05) is 26.2 Å². The van der Waals surface area contributed by atoms with Crippen molar-refractivity contribution in [2.24, 2.45) is 5.92 Å². The van der Waals surface area contributed by atoms with Gasteiger partial charge in [-0.15, -0.1) is 0 Å². The molecule has 1 aromatic carbocycles. The van der Waals surface area contributed by atoms with Gasteiger partial charge in [-0.2, -0.15) is 0 Å². The van der Waals surface area contributed by atoms with Crippen molar-refractivity contribution in [3.8, 4) is 0 Å². The van der Waals surface area contributed by atoms with E-state index in [1.54, 1.807) is 0 Å². The fourth-order valence-corrected chi connectivity index (χ4v) is 3.59. The highest BCUT2D eigenvalue weighted by Crippen LogP contribution is 2.23. The maximum atomic E-state index is 12.5. The second-order valence-corrected chi connectivity index (χ2v) is 6.68. The Morgan fingerprint density at radius 1 is 1.19 bits per heavy atom. The lowest BCUT2D eigenvalue weighted by atomic mass is 10.1. The molecular weight excluding hydrogens is 260 g/mol. The number of likely N-dealkylation sites (tertiary alicyclic amines) is 2. The number of benzene rings is 1. The summed E-state index contributed by atoms with van der Waals surface area (Å²) in [6.07, 6.45) is 3.40. The van der Waals surface area contributed by atoms with Gasteiger partial charge in [0.2, 0.25) is 5.91 Å². The van der Waals surface area contributed by atoms with E-state index in [0.717, 1.165) is 39.1 Å². The first-order valence-electron chi connectivity index (χ1n) is 8.21. The molecule has 0 aromatic heterocycles. The second-order valence-electron chi connectivity index (χ2n) is 6.68. The van der Waals surface area contributed by atoms with Gasteiger partial charge in [0.15, 0.2) is 0 Å². The largest absolute Gasteiger partial charge is 0.342 e. The van der Waals surface area contributed by atoms with Gasteiger partial charge in [-0.05, 0) is 50.8 Å². The summed E-state index contributed by atoms with van der Waals surface area (Å²) in [5.41, 5.74) is 4.08. The molecule has 2 saturated heterocycles. The average Bonchev–Trinajstić information content (AvgIpc) is 3.13. The van der Waals surface area contributed by atoms with Gasteiger partial charge >= 0.3 is 0 Å². The van der Waals surface area contributed by atoms with E-state index in [1.165, 1.54) is 29.5 Å². The monoisotopic (exact) mass is 286 g/mol. The van der Waals surface area contributed by atoms with Crippen LogP contribution >= 0.6 is 0 Å². The van der Waals surface area contributed by atoms with Crippen LogP contribution in [-0.4, -0.2) is 41.9 Å². The maximum Gasteiger partial charge on any atom is 0.227 e. The van der Waals surface area contributed by atoms with Crippen LogP contribution in [0.25, 0.3) is 0 Å². The van der Waals surface area contributed by atoms with Crippen LogP contribution in [-0.2, 0) is 11.3 Å². The molecule has 2 aliphatic heterocycles. The van der Waals surface area contributed by atoms with Crippen molar-refractivity contribution < 1.29 is 4.79 Å². The Morgan fingerprint density at radius 2 is 1.95 bits per heavy atom. The van der Waals surface area contributed by atoms with E-state index >= 15 is 0 Å². The van der Waals surface area contributed by atoms with Gasteiger partial charge in [-0.1, -0.05) is 23.8 Å². The van der Waals surface area contributed by atoms with Gasteiger partial charge in [0.1, 0.15) is 0 Å². The molecule has 3 rings (SSSR count). The molecule has 3 heteroatoms. The third-order valence-electron chi connectivity index (χ3n) is 4.94. The van der Waals surface area contributed by atoms with Crippen LogP contribution in [0.4, 0.5) is 0 Å². The molecule has 2 aliphatic rings. The standard InChI is InChI=1S/C18H26N2O/c1-14-5-6-15(2)17(11-14)13-19-10-7-16(12-19)18(21)20-8-3-4-9-20/h5-6,11,16H,3-4,7-10,12-13H2,1-2H3. The third-order valence-corrected chi connectivity index (χ3v) is 4.94. The molecule has 21 heavy (non-hydrogen) atoms. The molecule has 0 bridgehead atoms. The van der Waals surface area contributed by atoms with Crippen molar-refractivity contribution in [1.82, 2.24) is 9.80 Å². The summed E-state index contributed by atoms with van der Waals surface area (Å²) in [5.74, 6) is 0.629. The summed E-state index contributed by atoms with van der Waals surface area (Å²) in [6, 6.07) is 6.65. The first kappa shape index (κ1) is 14.6. The van der Waals surface area contributed by atoms with Crippen molar-refractivity contribution in [2.45, 2.75) is 39.7 Å². The normalized spacial score (nSPS) is 23.0. The quantitative estimate of drug-likeness (QED) is 0.853. The zero-order valence-electron chi connectivity index (χ0n) is 13.3. The SMILES string of the molecule is Cc1ccc(C)c(CN2CCC(C(=O)N3CCCC3)C2)c1. The van der Waals surface area contributed by atoms with E-state index in [4.69, 9.17) is 0 Å². The minimum Gasteiger partial charge on any atom is -0.342 e. The maximum absolute atomic E-state index is 12.5. The van der Waals surface area contributed by atoms with E-state index in [-0.39, 0.29) is 5.92 Å². The van der Waals surface area contributed by atoms with E-state index < -0.39 is 0 Å². The number of amides is 1. The topological polar surface area (TPSA) is 23.6 Å². The molecule has 0 spiro atoms. The lowest BCUT2D eigenvalue weighted by Crippen LogP contribution is -2.35. The van der Waals surface area contributed by atoms with Gasteiger partial charge in [0.25, 0.3) is 0 Å². The summed E-state index contributed by atoms with van der Waals surface area (Å²) in [7, 11) is 0. The number of carbonyl (C=O) groups is 1. The molecule has 1 atom stereocenters. The molecule has 3 nitrogen and oxygen atoms in total. The van der Waals surface area contributed by atoms with E-state index in [0.29, 0.717) is 5.91 Å². The lowest BCUT2D eigenvalue weighted by Gasteiger charge is -2.21. The molecule has 0 N–H and O–H groups in total. The fraction of sp³-hybridized carbons (Fsp3) is 0.611. The van der Waals surface area contributed by atoms with Gasteiger partial charge in [0.05, 0.1) is 5.92 Å². The molecular formula is C18H26N2O. The summed E-state index contributed by atoms with van der Waals surface area (Å²) >= 11 is 0. The van der Waals surface area contributed by atoms with Gasteiger partial charge < -0.3 is 4.90 Å². The smallest absolute Gasteiger partial charge is 0.227 e. The van der Waals surface area contributed by atoms with Gasteiger partial charge in [-0.25, -0.2) is 0 Å². The molecule has 114 valence electrons. The molecule has 0 aliphatic carbocycles. The number of rotatable bonds is 3. The minimum atomic E-state index is 0.230. The lowest BCUT2D eigenvalue weighted by molar-refractivity contribution is -0.134. The first-order valence-corrected chi connectivity index (χ1v) is 8.21. The first-order chi connectivity index (χ1) is 10.1. The molecule has 2 fully saturated rings. The predicted molar refractivity (Wildman–Crippen MR) is 85.1 cm³/mol. The molecule has 0 saturated carbocycles. The van der Waals surface area contributed by atoms with Crippen LogP contribution in [0.3, 0.4) is 0 Å². The van der Waals surface area contributed by atoms with Crippen LogP contribution in [0.1, 0.15) is 36.0 Å².